The minimum Gasteiger partial charge on any atom is -0.496 e. The van der Waals surface area contributed by atoms with Gasteiger partial charge in [0, 0.05) is 0 Å². The number of nitrogens with one attached hydrogen (secondary N) is 1. The first-order chi connectivity index (χ1) is 13.5. The summed E-state index contributed by atoms with van der Waals surface area (Å²) >= 11 is 0. The molecule has 1 amide bonds. The van der Waals surface area contributed by atoms with Gasteiger partial charge in [0.25, 0.3) is 5.91 Å². The molecule has 0 aliphatic carbocycles. The van der Waals surface area contributed by atoms with Crippen LogP contribution in [0.3, 0.4) is 0 Å². The van der Waals surface area contributed by atoms with Crippen molar-refractivity contribution in [2.45, 2.75) is 19.9 Å². The van der Waals surface area contributed by atoms with Crippen LogP contribution in [0.2, 0.25) is 0 Å². The Morgan fingerprint density at radius 1 is 1.11 bits per heavy atom. The summed E-state index contributed by atoms with van der Waals surface area (Å²) in [6, 6.07) is 10.4. The number of hydrogen-bond donors (Lipinski definition) is 1. The van der Waals surface area contributed by atoms with Crippen molar-refractivity contribution < 1.29 is 28.5 Å². The second kappa shape index (κ2) is 8.65. The van der Waals surface area contributed by atoms with E-state index in [1.165, 1.54) is 7.11 Å². The van der Waals surface area contributed by atoms with Crippen molar-refractivity contribution in [3.8, 4) is 17.2 Å². The minimum absolute atomic E-state index is 0.282. The standard InChI is InChI=1S/C21H23NO6/c1-13-4-6-17(25-3)16(10-13)21(24)28-12-20(23)22-14(2)15-5-7-18-19(11-15)27-9-8-26-18/h4-7,10-11,14H,8-9,12H2,1-3H3,(H,22,23)/t14-/m1/s1. The fourth-order valence-corrected chi connectivity index (χ4v) is 2.89. The molecule has 28 heavy (non-hydrogen) atoms. The van der Waals surface area contributed by atoms with E-state index in [4.69, 9.17) is 18.9 Å². The number of amides is 1. The van der Waals surface area contributed by atoms with Gasteiger partial charge in [0.2, 0.25) is 0 Å². The highest BCUT2D eigenvalue weighted by Crippen LogP contribution is 2.32. The molecule has 7 heteroatoms. The molecule has 7 nitrogen and oxygen atoms in total. The lowest BCUT2D eigenvalue weighted by Crippen LogP contribution is -2.31. The lowest BCUT2D eigenvalue weighted by Gasteiger charge is -2.21. The molecule has 0 bridgehead atoms. The number of carbonyl (C=O) groups is 2. The minimum atomic E-state index is -0.609. The van der Waals surface area contributed by atoms with Crippen molar-refractivity contribution in [3.05, 3.63) is 53.1 Å². The molecule has 1 aliphatic rings. The topological polar surface area (TPSA) is 83.1 Å². The summed E-state index contributed by atoms with van der Waals surface area (Å²) in [4.78, 5) is 24.5. The summed E-state index contributed by atoms with van der Waals surface area (Å²) in [5.74, 6) is 0.739. The molecule has 1 heterocycles. The van der Waals surface area contributed by atoms with Crippen LogP contribution in [0, 0.1) is 6.92 Å². The molecule has 0 unspecified atom stereocenters. The summed E-state index contributed by atoms with van der Waals surface area (Å²) < 4.78 is 21.4. The molecular weight excluding hydrogens is 362 g/mol. The maximum Gasteiger partial charge on any atom is 0.342 e. The first-order valence-corrected chi connectivity index (χ1v) is 8.98. The van der Waals surface area contributed by atoms with Gasteiger partial charge in [-0.25, -0.2) is 4.79 Å². The zero-order chi connectivity index (χ0) is 20.1. The fourth-order valence-electron chi connectivity index (χ4n) is 2.89. The van der Waals surface area contributed by atoms with E-state index in [0.29, 0.717) is 30.5 Å². The predicted octanol–water partition coefficient (Wildman–Crippen LogP) is 2.81. The van der Waals surface area contributed by atoms with E-state index >= 15 is 0 Å². The van der Waals surface area contributed by atoms with Gasteiger partial charge >= 0.3 is 5.97 Å². The Morgan fingerprint density at radius 2 is 1.86 bits per heavy atom. The third-order valence-corrected chi connectivity index (χ3v) is 4.35. The number of hydrogen-bond acceptors (Lipinski definition) is 6. The van der Waals surface area contributed by atoms with Gasteiger partial charge in [0.1, 0.15) is 24.5 Å². The fraction of sp³-hybridized carbons (Fsp3) is 0.333. The third kappa shape index (κ3) is 4.54. The quantitative estimate of drug-likeness (QED) is 0.770. The SMILES string of the molecule is COc1ccc(C)cc1C(=O)OCC(=O)N[C@H](C)c1ccc2c(c1)OCCO2. The number of aryl methyl sites for hydroxylation is 1. The van der Waals surface area contributed by atoms with Crippen molar-refractivity contribution in [1.82, 2.24) is 5.32 Å². The van der Waals surface area contributed by atoms with E-state index in [0.717, 1.165) is 11.1 Å². The van der Waals surface area contributed by atoms with Gasteiger partial charge in [-0.1, -0.05) is 17.7 Å². The molecule has 1 N–H and O–H groups in total. The number of ether oxygens (including phenoxy) is 4. The lowest BCUT2D eigenvalue weighted by molar-refractivity contribution is -0.124. The van der Waals surface area contributed by atoms with Gasteiger partial charge in [0.05, 0.1) is 13.2 Å². The second-order valence-electron chi connectivity index (χ2n) is 6.47. The number of esters is 1. The van der Waals surface area contributed by atoms with E-state index < -0.39 is 11.9 Å². The van der Waals surface area contributed by atoms with Gasteiger partial charge in [-0.05, 0) is 43.7 Å². The highest BCUT2D eigenvalue weighted by molar-refractivity contribution is 5.94. The highest BCUT2D eigenvalue weighted by atomic mass is 16.6. The monoisotopic (exact) mass is 385 g/mol. The lowest BCUT2D eigenvalue weighted by atomic mass is 10.1. The van der Waals surface area contributed by atoms with E-state index in [-0.39, 0.29) is 18.2 Å². The first kappa shape index (κ1) is 19.5. The molecule has 0 spiro atoms. The average Bonchev–Trinajstić information content (AvgIpc) is 2.71. The normalized spacial score (nSPS) is 13.4. The number of fused-ring (bicyclic) bond motifs is 1. The molecule has 0 saturated heterocycles. The molecule has 3 rings (SSSR count). The van der Waals surface area contributed by atoms with Crippen LogP contribution in [-0.2, 0) is 9.53 Å². The molecule has 2 aromatic carbocycles. The molecule has 0 aromatic heterocycles. The van der Waals surface area contributed by atoms with Crippen molar-refractivity contribution in [2.75, 3.05) is 26.9 Å². The maximum atomic E-state index is 12.3. The Morgan fingerprint density at radius 3 is 2.61 bits per heavy atom. The summed E-state index contributed by atoms with van der Waals surface area (Å²) in [5, 5.41) is 2.81. The van der Waals surface area contributed by atoms with Gasteiger partial charge in [-0.15, -0.1) is 0 Å². The first-order valence-electron chi connectivity index (χ1n) is 8.98. The Bertz CT molecular complexity index is 879. The van der Waals surface area contributed by atoms with Gasteiger partial charge in [0.15, 0.2) is 18.1 Å². The number of carbonyl (C=O) groups excluding carboxylic acids is 2. The summed E-state index contributed by atoms with van der Waals surface area (Å²) in [6.07, 6.45) is 0. The van der Waals surface area contributed by atoms with Crippen LogP contribution in [0.5, 0.6) is 17.2 Å². The summed E-state index contributed by atoms with van der Waals surface area (Å²) in [7, 11) is 1.48. The third-order valence-electron chi connectivity index (χ3n) is 4.35. The second-order valence-corrected chi connectivity index (χ2v) is 6.47. The van der Waals surface area contributed by atoms with Gasteiger partial charge in [-0.2, -0.15) is 0 Å². The Labute approximate surface area is 163 Å². The summed E-state index contributed by atoms with van der Waals surface area (Å²) in [6.45, 7) is 4.34. The van der Waals surface area contributed by atoms with Crippen LogP contribution in [0.4, 0.5) is 0 Å². The Hall–Kier alpha value is -3.22. The van der Waals surface area contributed by atoms with Crippen LogP contribution in [0.1, 0.15) is 34.5 Å². The van der Waals surface area contributed by atoms with Crippen LogP contribution in [0.15, 0.2) is 36.4 Å². The van der Waals surface area contributed by atoms with Crippen molar-refractivity contribution >= 4 is 11.9 Å². The van der Waals surface area contributed by atoms with E-state index in [1.807, 2.05) is 38.1 Å². The summed E-state index contributed by atoms with van der Waals surface area (Å²) in [5.41, 5.74) is 2.05. The van der Waals surface area contributed by atoms with Crippen LogP contribution in [-0.4, -0.2) is 38.8 Å². The van der Waals surface area contributed by atoms with Gasteiger partial charge < -0.3 is 24.3 Å². The zero-order valence-corrected chi connectivity index (χ0v) is 16.1. The Balaban J connectivity index is 1.57. The highest BCUT2D eigenvalue weighted by Gasteiger charge is 2.18. The smallest absolute Gasteiger partial charge is 0.342 e. The van der Waals surface area contributed by atoms with Crippen LogP contribution < -0.4 is 19.5 Å². The largest absolute Gasteiger partial charge is 0.496 e. The molecule has 0 fully saturated rings. The van der Waals surface area contributed by atoms with E-state index in [2.05, 4.69) is 5.32 Å². The molecule has 148 valence electrons. The molecule has 1 aliphatic heterocycles. The predicted molar refractivity (Wildman–Crippen MR) is 102 cm³/mol. The van der Waals surface area contributed by atoms with Crippen molar-refractivity contribution in [2.24, 2.45) is 0 Å². The molecule has 0 radical (unpaired) electrons. The molecule has 0 saturated carbocycles. The molecule has 2 aromatic rings. The van der Waals surface area contributed by atoms with Crippen molar-refractivity contribution in [1.29, 1.82) is 0 Å². The van der Waals surface area contributed by atoms with Crippen LogP contribution in [0.25, 0.3) is 0 Å². The molecule has 1 atom stereocenters. The number of benzene rings is 2. The Kier molecular flexibility index (Phi) is 6.03. The van der Waals surface area contributed by atoms with Crippen LogP contribution >= 0.6 is 0 Å². The average molecular weight is 385 g/mol. The van der Waals surface area contributed by atoms with E-state index in [9.17, 15) is 9.59 Å². The maximum absolute atomic E-state index is 12.3. The number of methoxy groups -OCH3 is 1. The number of rotatable bonds is 6. The van der Waals surface area contributed by atoms with E-state index in [1.54, 1.807) is 12.1 Å². The molecular formula is C21H23NO6. The van der Waals surface area contributed by atoms with Crippen molar-refractivity contribution in [3.63, 3.8) is 0 Å². The zero-order valence-electron chi connectivity index (χ0n) is 16.1. The van der Waals surface area contributed by atoms with Gasteiger partial charge in [-0.3, -0.25) is 4.79 Å².